The van der Waals surface area contributed by atoms with Crippen molar-refractivity contribution in [2.75, 3.05) is 0 Å². The second kappa shape index (κ2) is 6.04. The number of hydrogen-bond acceptors (Lipinski definition) is 5. The fourth-order valence-electron chi connectivity index (χ4n) is 1.86. The van der Waals surface area contributed by atoms with E-state index in [0.717, 1.165) is 11.4 Å². The number of carboxylic acids is 1. The second-order valence-corrected chi connectivity index (χ2v) is 7.17. The first-order valence-corrected chi connectivity index (χ1v) is 8.48. The van der Waals surface area contributed by atoms with Crippen molar-refractivity contribution < 1.29 is 18.3 Å². The topological polar surface area (TPSA) is 108 Å². The minimum atomic E-state index is -3.86. The molecule has 0 radical (unpaired) electrons. The highest BCUT2D eigenvalue weighted by Crippen LogP contribution is 2.37. The van der Waals surface area contributed by atoms with Crippen molar-refractivity contribution in [1.29, 1.82) is 0 Å². The monoisotopic (exact) mass is 329 g/mol. The number of benzene rings is 1. The number of nitrogens with zero attached hydrogens (tertiary/aromatic N) is 2. The van der Waals surface area contributed by atoms with Gasteiger partial charge in [0.1, 0.15) is 16.3 Å². The van der Waals surface area contributed by atoms with Gasteiger partial charge >= 0.3 is 5.97 Å². The Morgan fingerprint density at radius 1 is 1.38 bits per heavy atom. The zero-order chi connectivity index (χ0) is 15.6. The molecule has 0 saturated carbocycles. The van der Waals surface area contributed by atoms with Crippen LogP contribution in [0, 0.1) is 5.92 Å². The Morgan fingerprint density at radius 2 is 2.10 bits per heavy atom. The van der Waals surface area contributed by atoms with E-state index in [1.54, 1.807) is 26.0 Å². The van der Waals surface area contributed by atoms with Crippen molar-refractivity contribution in [2.24, 2.45) is 14.6 Å². The van der Waals surface area contributed by atoms with Gasteiger partial charge in [-0.05, 0) is 18.1 Å². The fraction of sp³-hybridized carbons (Fsp3) is 0.417. The van der Waals surface area contributed by atoms with Gasteiger partial charge in [0.15, 0.2) is 0 Å². The van der Waals surface area contributed by atoms with Crippen LogP contribution in [-0.4, -0.2) is 25.5 Å². The Labute approximate surface area is 126 Å². The third-order valence-corrected chi connectivity index (χ3v) is 5.11. The summed E-state index contributed by atoms with van der Waals surface area (Å²) in [7, 11) is -3.86. The zero-order valence-electron chi connectivity index (χ0n) is 11.5. The van der Waals surface area contributed by atoms with Crippen molar-refractivity contribution >= 4 is 38.7 Å². The van der Waals surface area contributed by atoms with Crippen molar-refractivity contribution in [3.05, 3.63) is 18.2 Å². The highest BCUT2D eigenvalue weighted by atomic mass is 32.2. The summed E-state index contributed by atoms with van der Waals surface area (Å²) in [6, 6.07) is 4.01. The predicted octanol–water partition coefficient (Wildman–Crippen LogP) is 2.19. The summed E-state index contributed by atoms with van der Waals surface area (Å²) in [6.07, 6.45) is -0.276. The Morgan fingerprint density at radius 3 is 2.71 bits per heavy atom. The van der Waals surface area contributed by atoms with Crippen LogP contribution < -0.4 is 4.72 Å². The van der Waals surface area contributed by atoms with Gasteiger partial charge in [0.2, 0.25) is 10.0 Å². The van der Waals surface area contributed by atoms with E-state index < -0.39 is 22.0 Å². The molecule has 1 atom stereocenters. The summed E-state index contributed by atoms with van der Waals surface area (Å²) in [5, 5.41) is 8.88. The SMILES string of the molecule is CC(C)C(CC(=O)O)NS(=O)(=O)c1cccc2c1N=S=N2. The highest BCUT2D eigenvalue weighted by molar-refractivity contribution is 7.89. The van der Waals surface area contributed by atoms with Crippen LogP contribution in [0.2, 0.25) is 0 Å². The molecule has 1 aromatic carbocycles. The third kappa shape index (κ3) is 3.55. The molecule has 0 saturated heterocycles. The van der Waals surface area contributed by atoms with Crippen LogP contribution in [0.3, 0.4) is 0 Å². The smallest absolute Gasteiger partial charge is 0.304 e. The second-order valence-electron chi connectivity index (χ2n) is 4.96. The van der Waals surface area contributed by atoms with Crippen LogP contribution in [0.15, 0.2) is 31.8 Å². The van der Waals surface area contributed by atoms with E-state index >= 15 is 0 Å². The number of nitrogens with one attached hydrogen (secondary N) is 1. The summed E-state index contributed by atoms with van der Waals surface area (Å²) < 4.78 is 35.4. The lowest BCUT2D eigenvalue weighted by atomic mass is 10.0. The van der Waals surface area contributed by atoms with Crippen LogP contribution in [-0.2, 0) is 26.2 Å². The standard InChI is InChI=1S/C12H15N3O4S2/c1-7(2)9(6-11(16)17)15-21(18,19)10-5-3-4-8-12(10)14-20-13-8/h3-5,7,9,15H,6H2,1-2H3,(H,16,17). The summed E-state index contributed by atoms with van der Waals surface area (Å²) >= 11 is 0.933. The quantitative estimate of drug-likeness (QED) is 0.846. The van der Waals surface area contributed by atoms with Gasteiger partial charge in [-0.2, -0.15) is 8.73 Å². The molecule has 2 N–H and O–H groups in total. The van der Waals surface area contributed by atoms with Crippen molar-refractivity contribution in [2.45, 2.75) is 31.2 Å². The molecule has 0 spiro atoms. The average molecular weight is 329 g/mol. The normalized spacial score (nSPS) is 14.8. The van der Waals surface area contributed by atoms with E-state index in [9.17, 15) is 13.2 Å². The van der Waals surface area contributed by atoms with Crippen LogP contribution >= 0.6 is 0 Å². The van der Waals surface area contributed by atoms with E-state index in [2.05, 4.69) is 13.4 Å². The van der Waals surface area contributed by atoms with Crippen molar-refractivity contribution in [3.63, 3.8) is 0 Å². The maximum absolute atomic E-state index is 12.5. The molecule has 1 unspecified atom stereocenters. The number of sulfonamides is 1. The number of aliphatic carboxylic acids is 1. The molecule has 0 aliphatic carbocycles. The highest BCUT2D eigenvalue weighted by Gasteiger charge is 2.28. The van der Waals surface area contributed by atoms with Crippen LogP contribution in [0.25, 0.3) is 0 Å². The van der Waals surface area contributed by atoms with Crippen LogP contribution in [0.1, 0.15) is 20.3 Å². The van der Waals surface area contributed by atoms with Crippen molar-refractivity contribution in [3.8, 4) is 0 Å². The molecule has 1 aromatic rings. The minimum absolute atomic E-state index is 0.0183. The number of carbonyl (C=O) groups is 1. The lowest BCUT2D eigenvalue weighted by Gasteiger charge is -2.20. The molecule has 1 aliphatic heterocycles. The van der Waals surface area contributed by atoms with Crippen molar-refractivity contribution in [1.82, 2.24) is 4.72 Å². The van der Waals surface area contributed by atoms with Gasteiger partial charge in [-0.1, -0.05) is 19.9 Å². The molecule has 0 fully saturated rings. The average Bonchev–Trinajstić information content (AvgIpc) is 2.84. The summed E-state index contributed by atoms with van der Waals surface area (Å²) in [5.41, 5.74) is 0.801. The van der Waals surface area contributed by atoms with Crippen LogP contribution in [0.4, 0.5) is 11.4 Å². The predicted molar refractivity (Wildman–Crippen MR) is 79.2 cm³/mol. The third-order valence-electron chi connectivity index (χ3n) is 3.04. The molecule has 1 aliphatic rings. The summed E-state index contributed by atoms with van der Waals surface area (Å²) in [4.78, 5) is 10.9. The number of rotatable bonds is 6. The number of carboxylic acid groups (broad SMARTS) is 1. The lowest BCUT2D eigenvalue weighted by Crippen LogP contribution is -2.40. The first-order chi connectivity index (χ1) is 9.81. The Kier molecular flexibility index (Phi) is 4.55. The summed E-state index contributed by atoms with van der Waals surface area (Å²) in [5.74, 6) is -1.20. The fourth-order valence-corrected chi connectivity index (χ4v) is 4.01. The molecular weight excluding hydrogens is 314 g/mol. The van der Waals surface area contributed by atoms with E-state index in [1.165, 1.54) is 6.07 Å². The molecular formula is C12H15N3O4S2. The molecule has 0 bridgehead atoms. The van der Waals surface area contributed by atoms with Gasteiger partial charge in [0, 0.05) is 6.04 Å². The first-order valence-electron chi connectivity index (χ1n) is 6.26. The van der Waals surface area contributed by atoms with Crippen LogP contribution in [0.5, 0.6) is 0 Å². The number of fused-ring (bicyclic) bond motifs is 1. The van der Waals surface area contributed by atoms with Gasteiger partial charge in [0.25, 0.3) is 0 Å². The molecule has 1 heterocycles. The number of hydrogen-bond donors (Lipinski definition) is 2. The van der Waals surface area contributed by atoms with Gasteiger partial charge in [0.05, 0.1) is 17.8 Å². The molecule has 0 amide bonds. The molecule has 114 valence electrons. The largest absolute Gasteiger partial charge is 0.481 e. The molecule has 21 heavy (non-hydrogen) atoms. The van der Waals surface area contributed by atoms with E-state index in [0.29, 0.717) is 11.4 Å². The van der Waals surface area contributed by atoms with Gasteiger partial charge in [-0.25, -0.2) is 13.1 Å². The van der Waals surface area contributed by atoms with E-state index in [1.807, 2.05) is 0 Å². The first kappa shape index (κ1) is 15.8. The van der Waals surface area contributed by atoms with Gasteiger partial charge in [-0.15, -0.1) is 0 Å². The maximum atomic E-state index is 12.5. The van der Waals surface area contributed by atoms with E-state index in [4.69, 9.17) is 5.11 Å². The Bertz CT molecular complexity index is 737. The molecule has 0 aromatic heterocycles. The lowest BCUT2D eigenvalue weighted by molar-refractivity contribution is -0.137. The van der Waals surface area contributed by atoms with Gasteiger partial charge in [-0.3, -0.25) is 4.79 Å². The van der Waals surface area contributed by atoms with Gasteiger partial charge < -0.3 is 5.11 Å². The minimum Gasteiger partial charge on any atom is -0.481 e. The Hall–Kier alpha value is -1.58. The van der Waals surface area contributed by atoms with E-state index in [-0.39, 0.29) is 17.2 Å². The zero-order valence-corrected chi connectivity index (χ0v) is 13.1. The molecule has 2 rings (SSSR count). The summed E-state index contributed by atoms with van der Waals surface area (Å²) in [6.45, 7) is 3.53. The molecule has 7 nitrogen and oxygen atoms in total. The Balaban J connectivity index is 2.33. The molecule has 9 heteroatoms. The maximum Gasteiger partial charge on any atom is 0.304 e.